The van der Waals surface area contributed by atoms with E-state index in [2.05, 4.69) is 22.5 Å². The van der Waals surface area contributed by atoms with Gasteiger partial charge in [0, 0.05) is 11.6 Å². The molecule has 0 saturated heterocycles. The molecule has 1 aromatic rings. The van der Waals surface area contributed by atoms with E-state index < -0.39 is 5.97 Å². The van der Waals surface area contributed by atoms with E-state index in [9.17, 15) is 4.79 Å². The van der Waals surface area contributed by atoms with E-state index in [0.29, 0.717) is 6.61 Å². The van der Waals surface area contributed by atoms with Crippen LogP contribution in [0.5, 0.6) is 0 Å². The van der Waals surface area contributed by atoms with E-state index in [0.717, 1.165) is 18.5 Å². The lowest BCUT2D eigenvalue weighted by molar-refractivity contribution is -0.136. The molecule has 4 heteroatoms. The maximum Gasteiger partial charge on any atom is 0.384 e. The third-order valence-electron chi connectivity index (χ3n) is 3.74. The van der Waals surface area contributed by atoms with Gasteiger partial charge in [-0.25, -0.2) is 4.79 Å². The summed E-state index contributed by atoms with van der Waals surface area (Å²) in [4.78, 5) is 11.5. The molecule has 1 unspecified atom stereocenters. The number of carbonyl (C=O) groups is 1. The van der Waals surface area contributed by atoms with Crippen LogP contribution in [-0.4, -0.2) is 23.2 Å². The van der Waals surface area contributed by atoms with E-state index in [1.54, 1.807) is 6.92 Å². The van der Waals surface area contributed by atoms with Crippen molar-refractivity contribution in [2.45, 2.75) is 65.7 Å². The third-order valence-corrected chi connectivity index (χ3v) is 3.74. The van der Waals surface area contributed by atoms with Crippen molar-refractivity contribution < 1.29 is 14.3 Å². The number of aromatic nitrogens is 1. The summed E-state index contributed by atoms with van der Waals surface area (Å²) >= 11 is 0. The molecule has 0 aliphatic heterocycles. The Kier molecular flexibility index (Phi) is 5.68. The van der Waals surface area contributed by atoms with Crippen LogP contribution in [0.25, 0.3) is 0 Å². The van der Waals surface area contributed by atoms with E-state index in [4.69, 9.17) is 9.47 Å². The maximum atomic E-state index is 11.5. The van der Waals surface area contributed by atoms with Gasteiger partial charge < -0.3 is 14.0 Å². The largest absolute Gasteiger partial charge is 0.456 e. The zero-order valence-electron chi connectivity index (χ0n) is 13.9. The van der Waals surface area contributed by atoms with Gasteiger partial charge in [-0.2, -0.15) is 0 Å². The molecule has 2 rings (SSSR count). The SMILES string of the molecule is CCOC(=O)C#Cc1cc2c(n1C(C)OC(C)C)CCCC2. The fourth-order valence-electron chi connectivity index (χ4n) is 2.97. The van der Waals surface area contributed by atoms with E-state index in [-0.39, 0.29) is 12.3 Å². The molecular weight excluding hydrogens is 278 g/mol. The molecule has 1 heterocycles. The van der Waals surface area contributed by atoms with Crippen molar-refractivity contribution in [3.05, 3.63) is 23.0 Å². The number of hydrogen-bond acceptors (Lipinski definition) is 3. The van der Waals surface area contributed by atoms with Gasteiger partial charge in [0.2, 0.25) is 0 Å². The van der Waals surface area contributed by atoms with E-state index in [1.165, 1.54) is 24.1 Å². The first-order valence-electron chi connectivity index (χ1n) is 8.10. The van der Waals surface area contributed by atoms with Crippen LogP contribution in [-0.2, 0) is 27.1 Å². The molecule has 0 bridgehead atoms. The monoisotopic (exact) mass is 303 g/mol. The number of carbonyl (C=O) groups excluding carboxylic acids is 1. The minimum Gasteiger partial charge on any atom is -0.456 e. The summed E-state index contributed by atoms with van der Waals surface area (Å²) in [5.74, 6) is 5.06. The van der Waals surface area contributed by atoms with Gasteiger partial charge >= 0.3 is 5.97 Å². The Labute approximate surface area is 132 Å². The minimum absolute atomic E-state index is 0.0895. The molecule has 0 saturated carbocycles. The molecule has 1 aliphatic carbocycles. The smallest absolute Gasteiger partial charge is 0.384 e. The number of ether oxygens (including phenoxy) is 2. The first-order chi connectivity index (χ1) is 10.5. The van der Waals surface area contributed by atoms with Crippen molar-refractivity contribution in [3.63, 3.8) is 0 Å². The van der Waals surface area contributed by atoms with Gasteiger partial charge in [0.15, 0.2) is 0 Å². The predicted molar refractivity (Wildman–Crippen MR) is 85.5 cm³/mol. The average Bonchev–Trinajstić information content (AvgIpc) is 2.83. The van der Waals surface area contributed by atoms with Crippen LogP contribution in [0, 0.1) is 11.8 Å². The highest BCUT2D eigenvalue weighted by molar-refractivity contribution is 5.89. The normalized spacial score (nSPS) is 15.0. The fraction of sp³-hybridized carbons (Fsp3) is 0.611. The number of rotatable bonds is 4. The van der Waals surface area contributed by atoms with Gasteiger partial charge in [-0.15, -0.1) is 0 Å². The van der Waals surface area contributed by atoms with Crippen molar-refractivity contribution in [3.8, 4) is 11.8 Å². The summed E-state index contributed by atoms with van der Waals surface area (Å²) in [5, 5.41) is 0. The summed E-state index contributed by atoms with van der Waals surface area (Å²) in [6.07, 6.45) is 4.57. The molecule has 0 fully saturated rings. The Bertz CT molecular complexity index is 589. The number of esters is 1. The van der Waals surface area contributed by atoms with Crippen LogP contribution in [0.4, 0.5) is 0 Å². The van der Waals surface area contributed by atoms with Crippen molar-refractivity contribution in [2.75, 3.05) is 6.61 Å². The lowest BCUT2D eigenvalue weighted by Gasteiger charge is -2.23. The summed E-state index contributed by atoms with van der Waals surface area (Å²) < 4.78 is 13.0. The molecule has 0 radical (unpaired) electrons. The third kappa shape index (κ3) is 3.92. The number of aryl methyl sites for hydroxylation is 1. The quantitative estimate of drug-likeness (QED) is 0.633. The lowest BCUT2D eigenvalue weighted by atomic mass is 9.98. The van der Waals surface area contributed by atoms with Crippen molar-refractivity contribution >= 4 is 5.97 Å². The van der Waals surface area contributed by atoms with Gasteiger partial charge in [0.25, 0.3) is 0 Å². The highest BCUT2D eigenvalue weighted by Gasteiger charge is 2.21. The van der Waals surface area contributed by atoms with Crippen LogP contribution < -0.4 is 0 Å². The van der Waals surface area contributed by atoms with Crippen molar-refractivity contribution in [1.29, 1.82) is 0 Å². The molecule has 120 valence electrons. The fourth-order valence-corrected chi connectivity index (χ4v) is 2.97. The zero-order chi connectivity index (χ0) is 16.1. The first-order valence-corrected chi connectivity index (χ1v) is 8.10. The highest BCUT2D eigenvalue weighted by atomic mass is 16.5. The molecule has 4 nitrogen and oxygen atoms in total. The maximum absolute atomic E-state index is 11.5. The highest BCUT2D eigenvalue weighted by Crippen LogP contribution is 2.28. The summed E-state index contributed by atoms with van der Waals surface area (Å²) in [5.41, 5.74) is 3.47. The Morgan fingerprint density at radius 1 is 1.32 bits per heavy atom. The molecule has 22 heavy (non-hydrogen) atoms. The van der Waals surface area contributed by atoms with Crippen LogP contribution in [0.1, 0.15) is 63.7 Å². The van der Waals surface area contributed by atoms with Gasteiger partial charge in [0.05, 0.1) is 18.4 Å². The molecule has 0 spiro atoms. The van der Waals surface area contributed by atoms with Crippen LogP contribution >= 0.6 is 0 Å². The molecule has 0 amide bonds. The first kappa shape index (κ1) is 16.6. The molecule has 1 aromatic heterocycles. The van der Waals surface area contributed by atoms with Gasteiger partial charge in [-0.3, -0.25) is 0 Å². The van der Waals surface area contributed by atoms with Gasteiger partial charge in [-0.05, 0) is 70.9 Å². The Balaban J connectivity index is 2.35. The molecule has 1 aliphatic rings. The number of hydrogen-bond donors (Lipinski definition) is 0. The minimum atomic E-state index is -0.481. The Morgan fingerprint density at radius 2 is 2.05 bits per heavy atom. The van der Waals surface area contributed by atoms with Crippen LogP contribution in [0.3, 0.4) is 0 Å². The van der Waals surface area contributed by atoms with Crippen LogP contribution in [0.2, 0.25) is 0 Å². The van der Waals surface area contributed by atoms with Gasteiger partial charge in [0.1, 0.15) is 6.23 Å². The summed E-state index contributed by atoms with van der Waals surface area (Å²) in [6.45, 7) is 8.20. The Morgan fingerprint density at radius 3 is 2.73 bits per heavy atom. The second-order valence-corrected chi connectivity index (χ2v) is 5.83. The molecule has 1 atom stereocenters. The number of fused-ring (bicyclic) bond motifs is 1. The van der Waals surface area contributed by atoms with Gasteiger partial charge in [-0.1, -0.05) is 0 Å². The predicted octanol–water partition coefficient (Wildman–Crippen LogP) is 3.23. The second kappa shape index (κ2) is 7.51. The lowest BCUT2D eigenvalue weighted by Crippen LogP contribution is -2.19. The second-order valence-electron chi connectivity index (χ2n) is 5.83. The molecular formula is C18H25NO3. The molecule has 0 N–H and O–H groups in total. The average molecular weight is 303 g/mol. The van der Waals surface area contributed by atoms with E-state index in [1.807, 2.05) is 20.8 Å². The Hall–Kier alpha value is -1.73. The van der Waals surface area contributed by atoms with E-state index >= 15 is 0 Å². The molecule has 0 aromatic carbocycles. The van der Waals surface area contributed by atoms with Crippen LogP contribution in [0.15, 0.2) is 6.07 Å². The van der Waals surface area contributed by atoms with Crippen molar-refractivity contribution in [2.24, 2.45) is 0 Å². The van der Waals surface area contributed by atoms with Crippen molar-refractivity contribution in [1.82, 2.24) is 4.57 Å². The number of nitrogens with zero attached hydrogens (tertiary/aromatic N) is 1. The topological polar surface area (TPSA) is 40.5 Å². The summed E-state index contributed by atoms with van der Waals surface area (Å²) in [6, 6.07) is 2.10. The zero-order valence-corrected chi connectivity index (χ0v) is 13.9. The standard InChI is InChI=1S/C18H25NO3/c1-5-21-18(20)11-10-16-12-15-8-6-7-9-17(15)19(16)14(4)22-13(2)3/h12-14H,5-9H2,1-4H3. The summed E-state index contributed by atoms with van der Waals surface area (Å²) in [7, 11) is 0.